The van der Waals surface area contributed by atoms with Crippen LogP contribution >= 0.6 is 21.6 Å². The summed E-state index contributed by atoms with van der Waals surface area (Å²) in [7, 11) is 2.14. The van der Waals surface area contributed by atoms with Crippen LogP contribution in [-0.2, 0) is 19.2 Å². The number of carboxylic acid groups (broad SMARTS) is 2. The number of carboxylic acids is 2. The largest absolute Gasteiger partial charge is 0.480 e. The monoisotopic (exact) mass is 348 g/mol. The number of aliphatic carboxylic acids is 2. The van der Waals surface area contributed by atoms with Crippen molar-refractivity contribution < 1.29 is 29.4 Å². The third-order valence-electron chi connectivity index (χ3n) is 2.15. The molecule has 0 heterocycles. The van der Waals surface area contributed by atoms with Gasteiger partial charge in [-0.3, -0.25) is 9.59 Å². The fraction of sp³-hybridized carbons (Fsp3) is 0.333. The van der Waals surface area contributed by atoms with Gasteiger partial charge in [-0.05, 0) is 12.2 Å². The maximum Gasteiger partial charge on any atom is 0.327 e. The molecule has 0 saturated carbocycles. The van der Waals surface area contributed by atoms with Gasteiger partial charge in [-0.15, -0.1) is 0 Å². The van der Waals surface area contributed by atoms with Crippen molar-refractivity contribution in [2.45, 2.75) is 12.1 Å². The predicted molar refractivity (Wildman–Crippen MR) is 84.4 cm³/mol. The highest BCUT2D eigenvalue weighted by Crippen LogP contribution is 2.23. The van der Waals surface area contributed by atoms with Crippen molar-refractivity contribution in [3.63, 3.8) is 0 Å². The Bertz CT molecular complexity index is 427. The molecule has 2 atom stereocenters. The van der Waals surface area contributed by atoms with E-state index in [9.17, 15) is 19.2 Å². The fourth-order valence-electron chi connectivity index (χ4n) is 1.04. The number of amides is 2. The number of nitrogens with one attached hydrogen (secondary N) is 2. The number of hydrogen-bond acceptors (Lipinski definition) is 6. The molecule has 0 aliphatic heterocycles. The van der Waals surface area contributed by atoms with E-state index >= 15 is 0 Å². The summed E-state index contributed by atoms with van der Waals surface area (Å²) < 4.78 is 0. The minimum absolute atomic E-state index is 0.0291. The number of carbonyl (C=O) groups excluding carboxylic acids is 2. The van der Waals surface area contributed by atoms with Crippen LogP contribution in [0.1, 0.15) is 0 Å². The Labute approximate surface area is 134 Å². The molecule has 0 bridgehead atoms. The van der Waals surface area contributed by atoms with Crippen molar-refractivity contribution in [3.05, 3.63) is 25.3 Å². The van der Waals surface area contributed by atoms with Gasteiger partial charge in [-0.2, -0.15) is 0 Å². The lowest BCUT2D eigenvalue weighted by atomic mass is 10.3. The molecule has 4 N–H and O–H groups in total. The molecule has 22 heavy (non-hydrogen) atoms. The standard InChI is InChI=1S/C12H16N2O6S2/c1-3-9(15)13-7(11(17)18)5-21-22-6-8(12(19)20)14-10(16)4-2/h3-4,7-8H,1-2,5-6H2,(H,13,15)(H,14,16)(H,17,18)(H,19,20). The first-order chi connectivity index (χ1) is 10.3. The van der Waals surface area contributed by atoms with Crippen molar-refractivity contribution in [1.29, 1.82) is 0 Å². The third kappa shape index (κ3) is 8.37. The van der Waals surface area contributed by atoms with Gasteiger partial charge < -0.3 is 20.8 Å². The Balaban J connectivity index is 4.29. The van der Waals surface area contributed by atoms with Crippen LogP contribution in [-0.4, -0.2) is 57.6 Å². The topological polar surface area (TPSA) is 133 Å². The van der Waals surface area contributed by atoms with Crippen molar-refractivity contribution in [2.75, 3.05) is 11.5 Å². The summed E-state index contributed by atoms with van der Waals surface area (Å²) in [6, 6.07) is -2.23. The number of carbonyl (C=O) groups is 4. The molecule has 0 spiro atoms. The molecule has 0 rings (SSSR count). The molecule has 2 amide bonds. The van der Waals surface area contributed by atoms with E-state index in [1.54, 1.807) is 0 Å². The van der Waals surface area contributed by atoms with Crippen molar-refractivity contribution in [1.82, 2.24) is 10.6 Å². The third-order valence-corrected chi connectivity index (χ3v) is 4.57. The van der Waals surface area contributed by atoms with Gasteiger partial charge in [0.1, 0.15) is 12.1 Å². The zero-order valence-corrected chi connectivity index (χ0v) is 13.1. The van der Waals surface area contributed by atoms with Gasteiger partial charge in [0.2, 0.25) is 11.8 Å². The summed E-state index contributed by atoms with van der Waals surface area (Å²) >= 11 is 0. The summed E-state index contributed by atoms with van der Waals surface area (Å²) in [5, 5.41) is 22.3. The van der Waals surface area contributed by atoms with Gasteiger partial charge in [0.25, 0.3) is 0 Å². The Kier molecular flexibility index (Phi) is 9.79. The van der Waals surface area contributed by atoms with E-state index < -0.39 is 35.8 Å². The quantitative estimate of drug-likeness (QED) is 0.231. The molecule has 0 aromatic heterocycles. The first-order valence-electron chi connectivity index (χ1n) is 5.87. The van der Waals surface area contributed by atoms with E-state index in [2.05, 4.69) is 23.8 Å². The molecular weight excluding hydrogens is 332 g/mol. The zero-order chi connectivity index (χ0) is 17.1. The number of hydrogen-bond donors (Lipinski definition) is 4. The minimum Gasteiger partial charge on any atom is -0.480 e. The summed E-state index contributed by atoms with van der Waals surface area (Å²) in [6.07, 6.45) is 1.91. The highest BCUT2D eigenvalue weighted by atomic mass is 33.1. The molecule has 8 nitrogen and oxygen atoms in total. The summed E-state index contributed by atoms with van der Waals surface area (Å²) in [6.45, 7) is 6.43. The minimum atomic E-state index is -1.21. The van der Waals surface area contributed by atoms with Crippen LogP contribution in [0.4, 0.5) is 0 Å². The van der Waals surface area contributed by atoms with Crippen molar-refractivity contribution in [3.8, 4) is 0 Å². The summed E-state index contributed by atoms with van der Waals surface area (Å²) in [5.74, 6) is -3.58. The van der Waals surface area contributed by atoms with Gasteiger partial charge in [-0.25, -0.2) is 9.59 Å². The second kappa shape index (κ2) is 10.7. The summed E-state index contributed by atoms with van der Waals surface area (Å²) in [4.78, 5) is 44.0. The fourth-order valence-corrected chi connectivity index (χ4v) is 3.35. The van der Waals surface area contributed by atoms with E-state index in [0.29, 0.717) is 0 Å². The Morgan fingerprint density at radius 2 is 1.18 bits per heavy atom. The molecule has 0 saturated heterocycles. The molecule has 0 aromatic carbocycles. The zero-order valence-electron chi connectivity index (χ0n) is 11.5. The smallest absolute Gasteiger partial charge is 0.327 e. The second-order valence-corrected chi connectivity index (χ2v) is 6.33. The van der Waals surface area contributed by atoms with Crippen molar-refractivity contribution >= 4 is 45.3 Å². The highest BCUT2D eigenvalue weighted by molar-refractivity contribution is 8.76. The Morgan fingerprint density at radius 3 is 1.41 bits per heavy atom. The Hall–Kier alpha value is -1.94. The molecule has 0 aromatic rings. The molecule has 0 aliphatic rings. The van der Waals surface area contributed by atoms with Crippen LogP contribution in [0.25, 0.3) is 0 Å². The first kappa shape index (κ1) is 20.1. The molecular formula is C12H16N2O6S2. The van der Waals surface area contributed by atoms with Gasteiger partial charge in [0, 0.05) is 11.5 Å². The Morgan fingerprint density at radius 1 is 0.864 bits per heavy atom. The predicted octanol–water partition coefficient (Wildman–Crippen LogP) is -0.121. The molecule has 10 heteroatoms. The van der Waals surface area contributed by atoms with E-state index in [1.165, 1.54) is 0 Å². The molecule has 0 fully saturated rings. The normalized spacial score (nSPS) is 12.5. The van der Waals surface area contributed by atoms with E-state index in [4.69, 9.17) is 10.2 Å². The van der Waals surface area contributed by atoms with Crippen LogP contribution in [0.15, 0.2) is 25.3 Å². The molecule has 0 aliphatic carbocycles. The van der Waals surface area contributed by atoms with Gasteiger partial charge >= 0.3 is 11.9 Å². The lowest BCUT2D eigenvalue weighted by Crippen LogP contribution is -2.42. The van der Waals surface area contributed by atoms with Crippen LogP contribution in [0.5, 0.6) is 0 Å². The van der Waals surface area contributed by atoms with E-state index in [1.807, 2.05) is 0 Å². The van der Waals surface area contributed by atoms with Crippen LogP contribution in [0, 0.1) is 0 Å². The van der Waals surface area contributed by atoms with E-state index in [-0.39, 0.29) is 11.5 Å². The molecule has 0 radical (unpaired) electrons. The summed E-state index contributed by atoms with van der Waals surface area (Å²) in [5.41, 5.74) is 0. The maximum atomic E-state index is 11.1. The highest BCUT2D eigenvalue weighted by Gasteiger charge is 2.21. The molecule has 122 valence electrons. The average molecular weight is 348 g/mol. The van der Waals surface area contributed by atoms with Crippen LogP contribution < -0.4 is 10.6 Å². The average Bonchev–Trinajstić information content (AvgIpc) is 2.47. The van der Waals surface area contributed by atoms with Gasteiger partial charge in [-0.1, -0.05) is 34.7 Å². The number of rotatable bonds is 11. The second-order valence-electron chi connectivity index (χ2n) is 3.78. The maximum absolute atomic E-state index is 11.1. The lowest BCUT2D eigenvalue weighted by Gasteiger charge is -2.14. The van der Waals surface area contributed by atoms with Crippen LogP contribution in [0.2, 0.25) is 0 Å². The SMILES string of the molecule is C=CC(=O)NC(CSSCC(NC(=O)C=C)C(=O)O)C(=O)O. The molecule has 2 unspecified atom stereocenters. The van der Waals surface area contributed by atoms with Gasteiger partial charge in [0.05, 0.1) is 0 Å². The van der Waals surface area contributed by atoms with Crippen molar-refractivity contribution in [2.24, 2.45) is 0 Å². The van der Waals surface area contributed by atoms with E-state index in [0.717, 1.165) is 33.7 Å². The van der Waals surface area contributed by atoms with Crippen LogP contribution in [0.3, 0.4) is 0 Å². The lowest BCUT2D eigenvalue weighted by molar-refractivity contribution is -0.141. The van der Waals surface area contributed by atoms with Gasteiger partial charge in [0.15, 0.2) is 0 Å². The first-order valence-corrected chi connectivity index (χ1v) is 8.36.